The number of carbonyl (C=O) groups is 2. The van der Waals surface area contributed by atoms with Crippen molar-refractivity contribution in [2.24, 2.45) is 0 Å². The first-order valence-electron chi connectivity index (χ1n) is 17.6. The number of hydrogen-bond donors (Lipinski definition) is 0. The molecule has 1 atom stereocenters. The van der Waals surface area contributed by atoms with E-state index in [9.17, 15) is 9.59 Å². The number of fused-ring (bicyclic) bond motifs is 1. The van der Waals surface area contributed by atoms with Crippen molar-refractivity contribution in [1.82, 2.24) is 0 Å². The highest BCUT2D eigenvalue weighted by Gasteiger charge is 2.18. The average molecular weight is 683 g/mol. The van der Waals surface area contributed by atoms with Gasteiger partial charge in [-0.1, -0.05) is 119 Å². The third kappa shape index (κ3) is 14.2. The van der Waals surface area contributed by atoms with Crippen LogP contribution in [0.5, 0.6) is 5.75 Å². The van der Waals surface area contributed by atoms with Crippen LogP contribution in [0.25, 0.3) is 0 Å². The molecule has 49 heavy (non-hydrogen) atoms. The highest BCUT2D eigenvalue weighted by Crippen LogP contribution is 2.37. The lowest BCUT2D eigenvalue weighted by Crippen LogP contribution is -2.07. The molecule has 0 aliphatic carbocycles. The fourth-order valence-electron chi connectivity index (χ4n) is 5.45. The average Bonchev–Trinajstić information content (AvgIpc) is 3.15. The molecule has 5 nitrogen and oxygen atoms in total. The summed E-state index contributed by atoms with van der Waals surface area (Å²) in [6.45, 7) is 7.16. The van der Waals surface area contributed by atoms with Crippen molar-refractivity contribution in [3.8, 4) is 5.75 Å². The van der Waals surface area contributed by atoms with Crippen LogP contribution in [0.1, 0.15) is 103 Å². The second-order valence-corrected chi connectivity index (χ2v) is 13.4. The van der Waals surface area contributed by atoms with E-state index in [1.54, 1.807) is 0 Å². The van der Waals surface area contributed by atoms with Gasteiger partial charge >= 0.3 is 11.9 Å². The summed E-state index contributed by atoms with van der Waals surface area (Å²) in [7, 11) is 2.84. The number of thioether (sulfide) groups is 1. The van der Waals surface area contributed by atoms with Crippen LogP contribution < -0.4 is 4.74 Å². The van der Waals surface area contributed by atoms with Crippen molar-refractivity contribution in [3.05, 3.63) is 130 Å². The Morgan fingerprint density at radius 1 is 0.735 bits per heavy atom. The Hall–Kier alpha value is -4.03. The number of aryl methyl sites for hydroxylation is 3. The van der Waals surface area contributed by atoms with Gasteiger partial charge < -0.3 is 14.2 Å². The predicted octanol–water partition coefficient (Wildman–Crippen LogP) is 10.8. The van der Waals surface area contributed by atoms with Crippen LogP contribution in [-0.4, -0.2) is 31.9 Å². The standard InChI is InChI=1S/C24H26O.C12H14O2S.C7H14O2/c1-2-8-23-11-6-7-12-24(23)25-19-22-17-15-21(16-18-22)14-13-20-9-4-3-5-10-20;1-8-5-6-15-11-7-9(12(13)14-2)3-4-10(8)11;1-3-4-5-6-7(8)9-2/h3-7,9-12,15-18H,2,8,13-14,19H2,1H3;3-4,7-8H,5-6H2,1-2H3;3-6H2,1-2H3. The molecule has 1 aliphatic rings. The SMILES string of the molecule is CCCCCC(=O)OC.CCCc1ccccc1OCc1ccc(CCc2ccccc2)cc1.COC(=O)c1ccc2c(c1)SCCC2C. The molecule has 0 bridgehead atoms. The maximum Gasteiger partial charge on any atom is 0.337 e. The molecule has 262 valence electrons. The molecule has 0 aromatic heterocycles. The van der Waals surface area contributed by atoms with Gasteiger partial charge in [0.05, 0.1) is 19.8 Å². The zero-order valence-electron chi connectivity index (χ0n) is 30.0. The summed E-state index contributed by atoms with van der Waals surface area (Å²) in [6.07, 6.45) is 9.38. The van der Waals surface area contributed by atoms with Crippen LogP contribution in [0, 0.1) is 0 Å². The van der Waals surface area contributed by atoms with Crippen LogP contribution >= 0.6 is 11.8 Å². The number of esters is 2. The van der Waals surface area contributed by atoms with E-state index < -0.39 is 0 Å². The lowest BCUT2D eigenvalue weighted by molar-refractivity contribution is -0.140. The molecule has 0 amide bonds. The molecular weight excluding hydrogens is 629 g/mol. The first kappa shape index (κ1) is 39.4. The molecule has 0 N–H and O–H groups in total. The molecule has 0 spiro atoms. The van der Waals surface area contributed by atoms with Gasteiger partial charge in [0.2, 0.25) is 0 Å². The van der Waals surface area contributed by atoms with Crippen molar-refractivity contribution in [3.63, 3.8) is 0 Å². The summed E-state index contributed by atoms with van der Waals surface area (Å²) in [6, 6.07) is 33.7. The number of para-hydroxylation sites is 1. The van der Waals surface area contributed by atoms with Gasteiger partial charge in [-0.05, 0) is 89.8 Å². The summed E-state index contributed by atoms with van der Waals surface area (Å²) in [5.41, 5.74) is 7.29. The van der Waals surface area contributed by atoms with Crippen molar-refractivity contribution in [1.29, 1.82) is 0 Å². The number of unbranched alkanes of at least 4 members (excludes halogenated alkanes) is 2. The number of ether oxygens (including phenoxy) is 3. The summed E-state index contributed by atoms with van der Waals surface area (Å²) in [5.74, 6) is 2.41. The van der Waals surface area contributed by atoms with Gasteiger partial charge in [0.25, 0.3) is 0 Å². The quantitative estimate of drug-likeness (QED) is 0.103. The minimum atomic E-state index is -0.253. The molecule has 1 heterocycles. The van der Waals surface area contributed by atoms with E-state index >= 15 is 0 Å². The Balaban J connectivity index is 0.000000229. The Morgan fingerprint density at radius 2 is 1.41 bits per heavy atom. The van der Waals surface area contributed by atoms with E-state index in [0.29, 0.717) is 24.5 Å². The highest BCUT2D eigenvalue weighted by molar-refractivity contribution is 7.99. The number of rotatable bonds is 13. The topological polar surface area (TPSA) is 61.8 Å². The lowest BCUT2D eigenvalue weighted by Gasteiger charge is -2.21. The van der Waals surface area contributed by atoms with Gasteiger partial charge in [-0.2, -0.15) is 0 Å². The summed E-state index contributed by atoms with van der Waals surface area (Å²) in [4.78, 5) is 23.0. The van der Waals surface area contributed by atoms with Crippen LogP contribution in [0.4, 0.5) is 0 Å². The maximum absolute atomic E-state index is 11.3. The van der Waals surface area contributed by atoms with Crippen molar-refractivity contribution < 1.29 is 23.8 Å². The second kappa shape index (κ2) is 22.6. The first-order chi connectivity index (χ1) is 23.9. The number of carbonyl (C=O) groups excluding carboxylic acids is 2. The Bertz CT molecular complexity index is 1530. The summed E-state index contributed by atoms with van der Waals surface area (Å²) >= 11 is 1.83. The predicted molar refractivity (Wildman–Crippen MR) is 203 cm³/mol. The fraction of sp³-hybridized carbons (Fsp3) is 0.395. The second-order valence-electron chi connectivity index (χ2n) is 12.3. The van der Waals surface area contributed by atoms with E-state index in [0.717, 1.165) is 56.4 Å². The zero-order chi connectivity index (χ0) is 35.3. The minimum Gasteiger partial charge on any atom is -0.489 e. The highest BCUT2D eigenvalue weighted by atomic mass is 32.2. The van der Waals surface area contributed by atoms with Gasteiger partial charge in [-0.15, -0.1) is 11.8 Å². The Labute approximate surface area is 298 Å². The number of benzene rings is 4. The van der Waals surface area contributed by atoms with Gasteiger partial charge in [0.1, 0.15) is 12.4 Å². The first-order valence-corrected chi connectivity index (χ1v) is 18.6. The van der Waals surface area contributed by atoms with Crippen LogP contribution in [-0.2, 0) is 40.1 Å². The third-order valence-corrected chi connectivity index (χ3v) is 9.54. The molecule has 0 saturated carbocycles. The molecular formula is C43H54O5S. The molecule has 6 heteroatoms. The lowest BCUT2D eigenvalue weighted by atomic mass is 9.97. The van der Waals surface area contributed by atoms with Crippen LogP contribution in [0.3, 0.4) is 0 Å². The largest absolute Gasteiger partial charge is 0.489 e. The molecule has 0 fully saturated rings. The normalized spacial score (nSPS) is 13.0. The van der Waals surface area contributed by atoms with E-state index in [1.807, 2.05) is 30.0 Å². The minimum absolute atomic E-state index is 0.0940. The van der Waals surface area contributed by atoms with Crippen molar-refractivity contribution in [2.75, 3.05) is 20.0 Å². The van der Waals surface area contributed by atoms with Gasteiger partial charge in [-0.3, -0.25) is 4.79 Å². The van der Waals surface area contributed by atoms with E-state index in [2.05, 4.69) is 104 Å². The smallest absolute Gasteiger partial charge is 0.337 e. The molecule has 0 saturated heterocycles. The van der Waals surface area contributed by atoms with Gasteiger partial charge in [0.15, 0.2) is 0 Å². The summed E-state index contributed by atoms with van der Waals surface area (Å²) < 4.78 is 15.2. The van der Waals surface area contributed by atoms with Gasteiger partial charge in [0, 0.05) is 11.3 Å². The zero-order valence-corrected chi connectivity index (χ0v) is 30.9. The molecule has 4 aromatic carbocycles. The number of hydrogen-bond acceptors (Lipinski definition) is 6. The molecule has 5 rings (SSSR count). The summed E-state index contributed by atoms with van der Waals surface area (Å²) in [5, 5.41) is 0. The molecule has 1 unspecified atom stereocenters. The Kier molecular flexibility index (Phi) is 18.2. The third-order valence-electron chi connectivity index (χ3n) is 8.44. The van der Waals surface area contributed by atoms with Crippen molar-refractivity contribution >= 4 is 23.7 Å². The molecule has 0 radical (unpaired) electrons. The Morgan fingerprint density at radius 3 is 2.08 bits per heavy atom. The number of methoxy groups -OCH3 is 2. The molecule has 4 aromatic rings. The molecule has 1 aliphatic heterocycles. The van der Waals surface area contributed by atoms with E-state index in [-0.39, 0.29) is 11.9 Å². The fourth-order valence-corrected chi connectivity index (χ4v) is 6.79. The van der Waals surface area contributed by atoms with Gasteiger partial charge in [-0.25, -0.2) is 4.79 Å². The van der Waals surface area contributed by atoms with Crippen LogP contribution in [0.15, 0.2) is 102 Å². The van der Waals surface area contributed by atoms with E-state index in [4.69, 9.17) is 9.47 Å². The maximum atomic E-state index is 11.3. The van der Waals surface area contributed by atoms with E-state index in [1.165, 1.54) is 53.4 Å². The van der Waals surface area contributed by atoms with Crippen molar-refractivity contribution in [2.45, 2.75) is 96.0 Å². The van der Waals surface area contributed by atoms with Crippen LogP contribution in [0.2, 0.25) is 0 Å². The monoisotopic (exact) mass is 682 g/mol.